The lowest BCUT2D eigenvalue weighted by atomic mass is 9.71. The van der Waals surface area contributed by atoms with Crippen LogP contribution >= 0.6 is 0 Å². The number of nitrogens with zero attached hydrogens (tertiary/aromatic N) is 2. The van der Waals surface area contributed by atoms with Gasteiger partial charge in [-0.05, 0) is 50.8 Å². The molecule has 0 radical (unpaired) electrons. The second-order valence-corrected chi connectivity index (χ2v) is 6.26. The van der Waals surface area contributed by atoms with Gasteiger partial charge < -0.3 is 5.32 Å². The molecule has 0 atom stereocenters. The molecular formula is C18H20N4O. The molecule has 0 bridgehead atoms. The molecule has 0 spiro atoms. The van der Waals surface area contributed by atoms with Gasteiger partial charge in [-0.3, -0.25) is 9.89 Å². The van der Waals surface area contributed by atoms with Crippen molar-refractivity contribution in [1.29, 1.82) is 5.26 Å². The number of carbonyl (C=O) groups is 1. The van der Waals surface area contributed by atoms with E-state index >= 15 is 0 Å². The van der Waals surface area contributed by atoms with Crippen LogP contribution in [0.4, 0.5) is 0 Å². The Balaban J connectivity index is 1.76. The third-order valence-corrected chi connectivity index (χ3v) is 4.77. The Bertz CT molecular complexity index is 744. The van der Waals surface area contributed by atoms with Crippen LogP contribution in [0.15, 0.2) is 24.3 Å². The highest BCUT2D eigenvalue weighted by Gasteiger charge is 2.40. The lowest BCUT2D eigenvalue weighted by Gasteiger charge is -2.43. The lowest BCUT2D eigenvalue weighted by Crippen LogP contribution is -2.51. The first kappa shape index (κ1) is 15.3. The van der Waals surface area contributed by atoms with E-state index in [1.807, 2.05) is 38.1 Å². The number of nitriles is 1. The summed E-state index contributed by atoms with van der Waals surface area (Å²) in [5.74, 6) is 0.0154. The lowest BCUT2D eigenvalue weighted by molar-refractivity contribution is -0.123. The number of H-pyrrole nitrogens is 1. The average Bonchev–Trinajstić information content (AvgIpc) is 2.83. The number of nitrogens with one attached hydrogen (secondary N) is 2. The molecule has 1 aromatic carbocycles. The molecule has 2 aromatic rings. The van der Waals surface area contributed by atoms with Gasteiger partial charge in [-0.15, -0.1) is 0 Å². The second kappa shape index (κ2) is 5.88. The van der Waals surface area contributed by atoms with E-state index in [4.69, 9.17) is 5.26 Å². The molecule has 2 N–H and O–H groups in total. The van der Waals surface area contributed by atoms with Gasteiger partial charge in [0, 0.05) is 11.3 Å². The van der Waals surface area contributed by atoms with Gasteiger partial charge >= 0.3 is 0 Å². The Morgan fingerprint density at radius 2 is 2.04 bits per heavy atom. The molecular weight excluding hydrogens is 288 g/mol. The molecule has 118 valence electrons. The number of benzene rings is 1. The highest BCUT2D eigenvalue weighted by atomic mass is 16.1. The molecule has 0 saturated heterocycles. The van der Waals surface area contributed by atoms with E-state index in [9.17, 15) is 4.79 Å². The van der Waals surface area contributed by atoms with E-state index in [2.05, 4.69) is 21.6 Å². The fourth-order valence-corrected chi connectivity index (χ4v) is 3.19. The van der Waals surface area contributed by atoms with Crippen molar-refractivity contribution in [1.82, 2.24) is 15.5 Å². The average molecular weight is 308 g/mol. The standard InChI is InChI=1S/C18H20N4O/c1-12-16(13(2)22-21-12)10-17(23)20-18(8-3-9-18)15-6-4-14(11-19)5-7-15/h4-7H,3,8-10H2,1-2H3,(H,20,23)(H,21,22). The van der Waals surface area contributed by atoms with Crippen LogP contribution < -0.4 is 5.32 Å². The molecule has 1 heterocycles. The first-order valence-corrected chi connectivity index (χ1v) is 7.86. The van der Waals surface area contributed by atoms with Gasteiger partial charge in [-0.25, -0.2) is 0 Å². The van der Waals surface area contributed by atoms with Crippen LogP contribution in [0.25, 0.3) is 0 Å². The van der Waals surface area contributed by atoms with Crippen LogP contribution in [0.1, 0.15) is 47.3 Å². The molecule has 1 aromatic heterocycles. The Morgan fingerprint density at radius 1 is 1.35 bits per heavy atom. The number of aryl methyl sites for hydroxylation is 2. The quantitative estimate of drug-likeness (QED) is 0.911. The van der Waals surface area contributed by atoms with Gasteiger partial charge in [-0.2, -0.15) is 10.4 Å². The minimum atomic E-state index is -0.281. The topological polar surface area (TPSA) is 81.6 Å². The van der Waals surface area contributed by atoms with Gasteiger partial charge in [-0.1, -0.05) is 12.1 Å². The zero-order valence-electron chi connectivity index (χ0n) is 13.4. The summed E-state index contributed by atoms with van der Waals surface area (Å²) in [7, 11) is 0. The maximum atomic E-state index is 12.5. The molecule has 1 fully saturated rings. The highest BCUT2D eigenvalue weighted by Crippen LogP contribution is 2.41. The van der Waals surface area contributed by atoms with Gasteiger partial charge in [0.05, 0.1) is 29.3 Å². The monoisotopic (exact) mass is 308 g/mol. The van der Waals surface area contributed by atoms with Crippen molar-refractivity contribution in [3.63, 3.8) is 0 Å². The first-order chi connectivity index (χ1) is 11.0. The Hall–Kier alpha value is -2.61. The molecule has 5 nitrogen and oxygen atoms in total. The van der Waals surface area contributed by atoms with Crippen molar-refractivity contribution in [2.75, 3.05) is 0 Å². The number of carbonyl (C=O) groups excluding carboxylic acids is 1. The summed E-state index contributed by atoms with van der Waals surface area (Å²) < 4.78 is 0. The van der Waals surface area contributed by atoms with E-state index in [-0.39, 0.29) is 11.4 Å². The van der Waals surface area contributed by atoms with Crippen LogP contribution in [0.2, 0.25) is 0 Å². The van der Waals surface area contributed by atoms with Crippen LogP contribution in [-0.4, -0.2) is 16.1 Å². The van der Waals surface area contributed by atoms with Crippen molar-refractivity contribution in [3.05, 3.63) is 52.3 Å². The van der Waals surface area contributed by atoms with Crippen LogP contribution in [-0.2, 0) is 16.8 Å². The number of hydrogen-bond acceptors (Lipinski definition) is 3. The predicted molar refractivity (Wildman–Crippen MR) is 86.6 cm³/mol. The van der Waals surface area contributed by atoms with Crippen molar-refractivity contribution in [3.8, 4) is 6.07 Å². The van der Waals surface area contributed by atoms with E-state index in [1.54, 1.807) is 0 Å². The molecule has 0 aliphatic heterocycles. The zero-order valence-corrected chi connectivity index (χ0v) is 13.4. The molecule has 1 aliphatic rings. The normalized spacial score (nSPS) is 15.5. The Kier molecular flexibility index (Phi) is 3.91. The van der Waals surface area contributed by atoms with Crippen LogP contribution in [0.5, 0.6) is 0 Å². The number of hydrogen-bond donors (Lipinski definition) is 2. The second-order valence-electron chi connectivity index (χ2n) is 6.26. The number of rotatable bonds is 4. The van der Waals surface area contributed by atoms with Gasteiger partial charge in [0.2, 0.25) is 5.91 Å². The number of aromatic amines is 1. The van der Waals surface area contributed by atoms with Crippen LogP contribution in [0.3, 0.4) is 0 Å². The predicted octanol–water partition coefficient (Wildman–Crippen LogP) is 2.64. The summed E-state index contributed by atoms with van der Waals surface area (Å²) in [6, 6.07) is 9.65. The first-order valence-electron chi connectivity index (χ1n) is 7.86. The van der Waals surface area contributed by atoms with Gasteiger partial charge in [0.15, 0.2) is 0 Å². The van der Waals surface area contributed by atoms with Gasteiger partial charge in [0.1, 0.15) is 0 Å². The highest BCUT2D eigenvalue weighted by molar-refractivity contribution is 5.80. The van der Waals surface area contributed by atoms with E-state index in [0.717, 1.165) is 41.8 Å². The van der Waals surface area contributed by atoms with Crippen LogP contribution in [0, 0.1) is 25.2 Å². The summed E-state index contributed by atoms with van der Waals surface area (Å²) in [4.78, 5) is 12.5. The molecule has 0 unspecified atom stereocenters. The van der Waals surface area contributed by atoms with Crippen molar-refractivity contribution in [2.45, 2.75) is 45.1 Å². The fourth-order valence-electron chi connectivity index (χ4n) is 3.19. The van der Waals surface area contributed by atoms with Gasteiger partial charge in [0.25, 0.3) is 0 Å². The van der Waals surface area contributed by atoms with E-state index in [1.165, 1.54) is 0 Å². The smallest absolute Gasteiger partial charge is 0.225 e. The van der Waals surface area contributed by atoms with E-state index in [0.29, 0.717) is 12.0 Å². The maximum absolute atomic E-state index is 12.5. The SMILES string of the molecule is Cc1n[nH]c(C)c1CC(=O)NC1(c2ccc(C#N)cc2)CCC1. The largest absolute Gasteiger partial charge is 0.346 e. The van der Waals surface area contributed by atoms with Crippen molar-refractivity contribution in [2.24, 2.45) is 0 Å². The minimum absolute atomic E-state index is 0.0154. The van der Waals surface area contributed by atoms with Crippen molar-refractivity contribution >= 4 is 5.91 Å². The third-order valence-electron chi connectivity index (χ3n) is 4.77. The Labute approximate surface area is 135 Å². The number of aromatic nitrogens is 2. The molecule has 1 saturated carbocycles. The summed E-state index contributed by atoms with van der Waals surface area (Å²) in [6.07, 6.45) is 3.32. The van der Waals surface area contributed by atoms with Crippen molar-refractivity contribution < 1.29 is 4.79 Å². The fraction of sp³-hybridized carbons (Fsp3) is 0.389. The molecule has 1 aliphatic carbocycles. The van der Waals surface area contributed by atoms with E-state index < -0.39 is 0 Å². The summed E-state index contributed by atoms with van der Waals surface area (Å²) in [5.41, 5.74) is 4.22. The summed E-state index contributed by atoms with van der Waals surface area (Å²) in [5, 5.41) is 19.2. The minimum Gasteiger partial charge on any atom is -0.346 e. The third kappa shape index (κ3) is 2.85. The Morgan fingerprint density at radius 3 is 2.52 bits per heavy atom. The molecule has 1 amide bonds. The zero-order chi connectivity index (χ0) is 16.4. The summed E-state index contributed by atoms with van der Waals surface area (Å²) in [6.45, 7) is 3.84. The molecule has 23 heavy (non-hydrogen) atoms. The molecule has 5 heteroatoms. The summed E-state index contributed by atoms with van der Waals surface area (Å²) >= 11 is 0. The maximum Gasteiger partial charge on any atom is 0.225 e. The number of amides is 1. The molecule has 3 rings (SSSR count).